The van der Waals surface area contributed by atoms with Crippen LogP contribution in [-0.4, -0.2) is 50.4 Å². The van der Waals surface area contributed by atoms with Crippen LogP contribution in [0.4, 0.5) is 0 Å². The number of amides is 2. The lowest BCUT2D eigenvalue weighted by atomic mass is 10.0. The zero-order valence-electron chi connectivity index (χ0n) is 13.2. The highest BCUT2D eigenvalue weighted by atomic mass is 16.2. The fourth-order valence-corrected chi connectivity index (χ4v) is 3.28. The molecular weight excluding hydrogens is 284 g/mol. The standard InChI is InChI=1S/C15H22N4O3/c1-15(2,3)19-7-9(6-12(19)20)14(22)18-5-4-11-10(8-18)13(21)17-16-11/h9H,4-8H2,1-3H3,(H2,16,17,21). The van der Waals surface area contributed by atoms with Crippen LogP contribution < -0.4 is 5.56 Å². The van der Waals surface area contributed by atoms with Gasteiger partial charge in [0.15, 0.2) is 0 Å². The molecule has 3 rings (SSSR count). The van der Waals surface area contributed by atoms with Gasteiger partial charge in [0.25, 0.3) is 5.56 Å². The summed E-state index contributed by atoms with van der Waals surface area (Å²) in [4.78, 5) is 40.0. The van der Waals surface area contributed by atoms with Crippen LogP contribution in [0, 0.1) is 5.92 Å². The molecule has 1 fully saturated rings. The van der Waals surface area contributed by atoms with Crippen LogP contribution in [0.5, 0.6) is 0 Å². The van der Waals surface area contributed by atoms with Crippen LogP contribution in [0.25, 0.3) is 0 Å². The first-order valence-corrected chi connectivity index (χ1v) is 7.65. The summed E-state index contributed by atoms with van der Waals surface area (Å²) in [6.07, 6.45) is 0.909. The van der Waals surface area contributed by atoms with Crippen molar-refractivity contribution in [1.82, 2.24) is 20.0 Å². The number of hydrogen-bond donors (Lipinski definition) is 2. The molecule has 0 aliphatic carbocycles. The van der Waals surface area contributed by atoms with Crippen LogP contribution in [0.3, 0.4) is 0 Å². The maximum Gasteiger partial charge on any atom is 0.269 e. The molecule has 0 spiro atoms. The van der Waals surface area contributed by atoms with Crippen LogP contribution >= 0.6 is 0 Å². The number of carbonyl (C=O) groups excluding carboxylic acids is 2. The highest BCUT2D eigenvalue weighted by molar-refractivity contribution is 5.89. The summed E-state index contributed by atoms with van der Waals surface area (Å²) in [7, 11) is 0. The van der Waals surface area contributed by atoms with Crippen molar-refractivity contribution in [2.24, 2.45) is 5.92 Å². The second-order valence-corrected chi connectivity index (χ2v) is 7.12. The van der Waals surface area contributed by atoms with Gasteiger partial charge in [0, 0.05) is 37.2 Å². The number of carbonyl (C=O) groups is 2. The van der Waals surface area contributed by atoms with E-state index in [9.17, 15) is 14.4 Å². The molecule has 120 valence electrons. The predicted molar refractivity (Wildman–Crippen MR) is 80.1 cm³/mol. The first kappa shape index (κ1) is 14.9. The Morgan fingerprint density at radius 2 is 1.95 bits per heavy atom. The number of H-pyrrole nitrogens is 2. The molecule has 1 aromatic heterocycles. The van der Waals surface area contributed by atoms with Gasteiger partial charge in [-0.25, -0.2) is 0 Å². The van der Waals surface area contributed by atoms with E-state index in [1.54, 1.807) is 9.80 Å². The van der Waals surface area contributed by atoms with E-state index < -0.39 is 0 Å². The minimum Gasteiger partial charge on any atom is -0.337 e. The van der Waals surface area contributed by atoms with E-state index in [2.05, 4.69) is 10.2 Å². The third-order valence-corrected chi connectivity index (χ3v) is 4.54. The Balaban J connectivity index is 1.72. The summed E-state index contributed by atoms with van der Waals surface area (Å²) in [5, 5.41) is 5.41. The van der Waals surface area contributed by atoms with Crippen LogP contribution in [0.15, 0.2) is 4.79 Å². The Morgan fingerprint density at radius 3 is 2.59 bits per heavy atom. The predicted octanol–water partition coefficient (Wildman–Crippen LogP) is 0.235. The lowest BCUT2D eigenvalue weighted by Gasteiger charge is -2.33. The van der Waals surface area contributed by atoms with Crippen molar-refractivity contribution in [3.05, 3.63) is 21.6 Å². The number of hydrogen-bond acceptors (Lipinski definition) is 3. The Labute approximate surface area is 128 Å². The number of fused-ring (bicyclic) bond motifs is 1. The molecule has 1 saturated heterocycles. The lowest BCUT2D eigenvalue weighted by molar-refractivity contribution is -0.136. The van der Waals surface area contributed by atoms with Gasteiger partial charge >= 0.3 is 0 Å². The van der Waals surface area contributed by atoms with E-state index in [-0.39, 0.29) is 35.3 Å². The molecule has 0 aromatic carbocycles. The second kappa shape index (κ2) is 5.00. The quantitative estimate of drug-likeness (QED) is 0.778. The lowest BCUT2D eigenvalue weighted by Crippen LogP contribution is -2.44. The molecule has 1 unspecified atom stereocenters. The van der Waals surface area contributed by atoms with Gasteiger partial charge in [-0.2, -0.15) is 0 Å². The summed E-state index contributed by atoms with van der Waals surface area (Å²) in [5.41, 5.74) is 1.09. The number of nitrogens with zero attached hydrogens (tertiary/aromatic N) is 2. The Bertz CT molecular complexity index is 667. The third-order valence-electron chi connectivity index (χ3n) is 4.54. The topological polar surface area (TPSA) is 89.3 Å². The Morgan fingerprint density at radius 1 is 1.23 bits per heavy atom. The molecule has 0 radical (unpaired) electrons. The SMILES string of the molecule is CC(C)(C)N1CC(C(=O)N2CCc3[nH][nH]c(=O)c3C2)CC1=O. The van der Waals surface area contributed by atoms with Crippen LogP contribution in [0.1, 0.15) is 38.4 Å². The van der Waals surface area contributed by atoms with Crippen molar-refractivity contribution >= 4 is 11.8 Å². The van der Waals surface area contributed by atoms with Crippen LogP contribution in [-0.2, 0) is 22.6 Å². The summed E-state index contributed by atoms with van der Waals surface area (Å²) < 4.78 is 0. The summed E-state index contributed by atoms with van der Waals surface area (Å²) in [5.74, 6) is -0.291. The number of aromatic amines is 2. The molecule has 1 aromatic rings. The molecule has 22 heavy (non-hydrogen) atoms. The fraction of sp³-hybridized carbons (Fsp3) is 0.667. The van der Waals surface area contributed by atoms with Crippen molar-refractivity contribution in [3.8, 4) is 0 Å². The monoisotopic (exact) mass is 306 g/mol. The Hall–Kier alpha value is -2.05. The van der Waals surface area contributed by atoms with E-state index in [4.69, 9.17) is 0 Å². The number of aromatic nitrogens is 2. The van der Waals surface area contributed by atoms with Crippen molar-refractivity contribution < 1.29 is 9.59 Å². The molecule has 7 nitrogen and oxygen atoms in total. The van der Waals surface area contributed by atoms with Gasteiger partial charge < -0.3 is 14.9 Å². The molecule has 0 bridgehead atoms. The van der Waals surface area contributed by atoms with Crippen molar-refractivity contribution in [1.29, 1.82) is 0 Å². The number of rotatable bonds is 1. The molecule has 2 N–H and O–H groups in total. The zero-order valence-corrected chi connectivity index (χ0v) is 13.2. The molecule has 2 aliphatic rings. The van der Waals surface area contributed by atoms with Crippen molar-refractivity contribution in [2.75, 3.05) is 13.1 Å². The van der Waals surface area contributed by atoms with E-state index in [1.165, 1.54) is 0 Å². The van der Waals surface area contributed by atoms with Gasteiger partial charge in [0.2, 0.25) is 11.8 Å². The van der Waals surface area contributed by atoms with E-state index >= 15 is 0 Å². The second-order valence-electron chi connectivity index (χ2n) is 7.12. The zero-order chi connectivity index (χ0) is 16.1. The van der Waals surface area contributed by atoms with Gasteiger partial charge in [-0.15, -0.1) is 0 Å². The summed E-state index contributed by atoms with van der Waals surface area (Å²) in [6.45, 7) is 7.31. The maximum absolute atomic E-state index is 12.7. The minimum atomic E-state index is -0.300. The molecule has 2 aliphatic heterocycles. The summed E-state index contributed by atoms with van der Waals surface area (Å²) in [6, 6.07) is 0. The van der Waals surface area contributed by atoms with Gasteiger partial charge in [-0.1, -0.05) is 0 Å². The highest BCUT2D eigenvalue weighted by Gasteiger charge is 2.41. The van der Waals surface area contributed by atoms with Crippen molar-refractivity contribution in [2.45, 2.75) is 45.7 Å². The molecule has 7 heteroatoms. The minimum absolute atomic E-state index is 0.0219. The van der Waals surface area contributed by atoms with Crippen LogP contribution in [0.2, 0.25) is 0 Å². The summed E-state index contributed by atoms with van der Waals surface area (Å²) >= 11 is 0. The van der Waals surface area contributed by atoms with Crippen molar-refractivity contribution in [3.63, 3.8) is 0 Å². The number of nitrogens with one attached hydrogen (secondary N) is 2. The average molecular weight is 306 g/mol. The van der Waals surface area contributed by atoms with E-state index in [0.29, 0.717) is 31.6 Å². The molecule has 0 saturated carbocycles. The van der Waals surface area contributed by atoms with Gasteiger partial charge in [0.1, 0.15) is 0 Å². The Kier molecular flexibility index (Phi) is 3.38. The van der Waals surface area contributed by atoms with Gasteiger partial charge in [-0.05, 0) is 20.8 Å². The first-order valence-electron chi connectivity index (χ1n) is 7.65. The fourth-order valence-electron chi connectivity index (χ4n) is 3.28. The van der Waals surface area contributed by atoms with E-state index in [1.807, 2.05) is 20.8 Å². The normalized spacial score (nSPS) is 22.1. The van der Waals surface area contributed by atoms with Gasteiger partial charge in [0.05, 0.1) is 18.0 Å². The first-order chi connectivity index (χ1) is 10.3. The number of likely N-dealkylation sites (tertiary alicyclic amines) is 1. The van der Waals surface area contributed by atoms with Gasteiger partial charge in [-0.3, -0.25) is 19.5 Å². The third kappa shape index (κ3) is 2.44. The molecular formula is C15H22N4O3. The maximum atomic E-state index is 12.7. The van der Waals surface area contributed by atoms with E-state index in [0.717, 1.165) is 5.69 Å². The highest BCUT2D eigenvalue weighted by Crippen LogP contribution is 2.28. The molecule has 1 atom stereocenters. The molecule has 3 heterocycles. The smallest absolute Gasteiger partial charge is 0.269 e. The average Bonchev–Trinajstić information content (AvgIpc) is 3.01. The molecule has 2 amide bonds. The largest absolute Gasteiger partial charge is 0.337 e.